The number of sulfonamides is 1. The van der Waals surface area contributed by atoms with Crippen LogP contribution in [-0.4, -0.2) is 24.1 Å². The number of aromatic nitrogens is 2. The number of hydrogen-bond acceptors (Lipinski definition) is 4. The minimum atomic E-state index is -3.75. The molecule has 0 aliphatic carbocycles. The Morgan fingerprint density at radius 1 is 1.30 bits per heavy atom. The van der Waals surface area contributed by atoms with Crippen molar-refractivity contribution in [2.45, 2.75) is 31.6 Å². The van der Waals surface area contributed by atoms with Gasteiger partial charge < -0.3 is 5.32 Å². The van der Waals surface area contributed by atoms with Crippen LogP contribution in [-0.2, 0) is 21.9 Å². The van der Waals surface area contributed by atoms with Crippen molar-refractivity contribution in [3.63, 3.8) is 0 Å². The van der Waals surface area contributed by atoms with Crippen molar-refractivity contribution in [1.29, 1.82) is 0 Å². The largest absolute Gasteiger partial charge is 0.325 e. The maximum Gasteiger partial charge on any atom is 0.262 e. The number of amides is 1. The Kier molecular flexibility index (Phi) is 3.44. The molecule has 0 saturated carbocycles. The highest BCUT2D eigenvalue weighted by molar-refractivity contribution is 7.92. The number of carbonyl (C=O) groups is 1. The molecule has 8 heteroatoms. The Balaban J connectivity index is 2.00. The Bertz CT molecular complexity index is 915. The van der Waals surface area contributed by atoms with Gasteiger partial charge in [0.25, 0.3) is 10.0 Å². The van der Waals surface area contributed by atoms with Crippen molar-refractivity contribution in [3.05, 3.63) is 35.2 Å². The van der Waals surface area contributed by atoms with Gasteiger partial charge in [0.05, 0.1) is 27.9 Å². The molecule has 7 nitrogen and oxygen atoms in total. The summed E-state index contributed by atoms with van der Waals surface area (Å²) < 4.78 is 29.5. The van der Waals surface area contributed by atoms with Crippen molar-refractivity contribution in [2.24, 2.45) is 7.05 Å². The Morgan fingerprint density at radius 3 is 2.61 bits per heavy atom. The molecule has 2 heterocycles. The van der Waals surface area contributed by atoms with Crippen LogP contribution in [0.5, 0.6) is 0 Å². The van der Waals surface area contributed by atoms with Gasteiger partial charge in [-0.05, 0) is 44.5 Å². The SMILES string of the molecule is Cc1nn(C)c(C)c1NS(=O)(=O)c1ccc2c(c1)[C@@H](C)C(=O)N2. The topological polar surface area (TPSA) is 93.1 Å². The highest BCUT2D eigenvalue weighted by Gasteiger charge is 2.29. The lowest BCUT2D eigenvalue weighted by Gasteiger charge is -2.10. The first-order valence-corrected chi connectivity index (χ1v) is 8.67. The third-order valence-electron chi connectivity index (χ3n) is 4.20. The van der Waals surface area contributed by atoms with E-state index in [0.717, 1.165) is 5.69 Å². The highest BCUT2D eigenvalue weighted by Crippen LogP contribution is 2.34. The fourth-order valence-electron chi connectivity index (χ4n) is 2.68. The number of benzene rings is 1. The van der Waals surface area contributed by atoms with Gasteiger partial charge in [0, 0.05) is 12.7 Å². The second kappa shape index (κ2) is 5.09. The molecule has 0 bridgehead atoms. The molecule has 2 N–H and O–H groups in total. The van der Waals surface area contributed by atoms with E-state index in [9.17, 15) is 13.2 Å². The van der Waals surface area contributed by atoms with Gasteiger partial charge in [0.2, 0.25) is 5.91 Å². The van der Waals surface area contributed by atoms with Gasteiger partial charge in [-0.25, -0.2) is 8.42 Å². The minimum Gasteiger partial charge on any atom is -0.325 e. The number of anilines is 2. The number of fused-ring (bicyclic) bond motifs is 1. The smallest absolute Gasteiger partial charge is 0.262 e. The summed E-state index contributed by atoms with van der Waals surface area (Å²) in [6.45, 7) is 5.30. The Morgan fingerprint density at radius 2 is 2.00 bits per heavy atom. The van der Waals surface area contributed by atoms with E-state index in [1.54, 1.807) is 44.6 Å². The fourth-order valence-corrected chi connectivity index (χ4v) is 3.89. The molecule has 1 aliphatic rings. The van der Waals surface area contributed by atoms with E-state index in [-0.39, 0.29) is 16.7 Å². The first kappa shape index (κ1) is 15.5. The fraction of sp³-hybridized carbons (Fsp3) is 0.333. The molecular weight excluding hydrogens is 316 g/mol. The molecule has 0 radical (unpaired) electrons. The molecule has 23 heavy (non-hydrogen) atoms. The number of carbonyl (C=O) groups excluding carboxylic acids is 1. The number of rotatable bonds is 3. The zero-order valence-electron chi connectivity index (χ0n) is 13.3. The van der Waals surface area contributed by atoms with Crippen LogP contribution in [0.15, 0.2) is 23.1 Å². The van der Waals surface area contributed by atoms with Crippen LogP contribution < -0.4 is 10.0 Å². The summed E-state index contributed by atoms with van der Waals surface area (Å²) >= 11 is 0. The summed E-state index contributed by atoms with van der Waals surface area (Å²) in [6.07, 6.45) is 0. The van der Waals surface area contributed by atoms with Crippen molar-refractivity contribution in [1.82, 2.24) is 9.78 Å². The summed E-state index contributed by atoms with van der Waals surface area (Å²) in [4.78, 5) is 11.8. The Labute approximate surface area is 134 Å². The zero-order valence-corrected chi connectivity index (χ0v) is 14.2. The lowest BCUT2D eigenvalue weighted by Crippen LogP contribution is -2.14. The summed E-state index contributed by atoms with van der Waals surface area (Å²) in [7, 11) is -1.99. The zero-order chi connectivity index (χ0) is 16.9. The predicted molar refractivity (Wildman–Crippen MR) is 87.0 cm³/mol. The quantitative estimate of drug-likeness (QED) is 0.896. The first-order valence-electron chi connectivity index (χ1n) is 7.18. The molecule has 0 saturated heterocycles. The molecule has 122 valence electrons. The van der Waals surface area contributed by atoms with Crippen LogP contribution in [0.2, 0.25) is 0 Å². The summed E-state index contributed by atoms with van der Waals surface area (Å²) in [6, 6.07) is 4.65. The van der Waals surface area contributed by atoms with Gasteiger partial charge >= 0.3 is 0 Å². The van der Waals surface area contributed by atoms with Crippen LogP contribution in [0.1, 0.15) is 29.8 Å². The average molecular weight is 334 g/mol. The summed E-state index contributed by atoms with van der Waals surface area (Å²) in [5, 5.41) is 6.93. The molecule has 1 atom stereocenters. The van der Waals surface area contributed by atoms with E-state index in [0.29, 0.717) is 22.6 Å². The van der Waals surface area contributed by atoms with Crippen LogP contribution in [0.4, 0.5) is 11.4 Å². The molecule has 1 aromatic heterocycles. The Hall–Kier alpha value is -2.35. The van der Waals surface area contributed by atoms with E-state index in [1.165, 1.54) is 6.07 Å². The molecule has 1 aromatic carbocycles. The molecule has 0 unspecified atom stereocenters. The highest BCUT2D eigenvalue weighted by atomic mass is 32.2. The molecule has 1 aliphatic heterocycles. The van der Waals surface area contributed by atoms with Crippen LogP contribution in [0, 0.1) is 13.8 Å². The van der Waals surface area contributed by atoms with E-state index < -0.39 is 10.0 Å². The number of hydrogen-bond donors (Lipinski definition) is 2. The molecule has 3 rings (SSSR count). The monoisotopic (exact) mass is 334 g/mol. The van der Waals surface area contributed by atoms with E-state index in [2.05, 4.69) is 15.1 Å². The van der Waals surface area contributed by atoms with Crippen molar-refractivity contribution in [2.75, 3.05) is 10.0 Å². The van der Waals surface area contributed by atoms with Gasteiger partial charge in [0.1, 0.15) is 0 Å². The van der Waals surface area contributed by atoms with E-state index in [4.69, 9.17) is 0 Å². The second-order valence-corrected chi connectivity index (χ2v) is 7.42. The summed E-state index contributed by atoms with van der Waals surface area (Å²) in [5.41, 5.74) is 3.18. The minimum absolute atomic E-state index is 0.124. The van der Waals surface area contributed by atoms with Crippen molar-refractivity contribution in [3.8, 4) is 0 Å². The maximum absolute atomic E-state index is 12.6. The summed E-state index contributed by atoms with van der Waals surface area (Å²) in [5.74, 6) is -0.483. The van der Waals surface area contributed by atoms with Gasteiger partial charge in [0.15, 0.2) is 0 Å². The normalized spacial score (nSPS) is 17.0. The van der Waals surface area contributed by atoms with Crippen molar-refractivity contribution >= 4 is 27.3 Å². The second-order valence-electron chi connectivity index (χ2n) is 5.73. The van der Waals surface area contributed by atoms with Crippen LogP contribution >= 0.6 is 0 Å². The third kappa shape index (κ3) is 2.48. The number of nitrogens with one attached hydrogen (secondary N) is 2. The molecule has 0 fully saturated rings. The molecule has 2 aromatic rings. The number of aryl methyl sites for hydroxylation is 2. The van der Waals surface area contributed by atoms with Crippen LogP contribution in [0.25, 0.3) is 0 Å². The predicted octanol–water partition coefficient (Wildman–Crippen LogP) is 1.89. The standard InChI is InChI=1S/C15H18N4O3S/c1-8-12-7-11(5-6-13(12)16-15(8)20)23(21,22)18-14-9(2)17-19(4)10(14)3/h5-8,18H,1-4H3,(H,16,20)/t8-/m1/s1. The first-order chi connectivity index (χ1) is 10.7. The van der Waals surface area contributed by atoms with E-state index >= 15 is 0 Å². The van der Waals surface area contributed by atoms with E-state index in [1.807, 2.05) is 0 Å². The van der Waals surface area contributed by atoms with Gasteiger partial charge in [-0.3, -0.25) is 14.2 Å². The molecular formula is C15H18N4O3S. The van der Waals surface area contributed by atoms with Crippen molar-refractivity contribution < 1.29 is 13.2 Å². The van der Waals surface area contributed by atoms with Crippen LogP contribution in [0.3, 0.4) is 0 Å². The molecule has 0 spiro atoms. The lowest BCUT2D eigenvalue weighted by atomic mass is 10.0. The van der Waals surface area contributed by atoms with Gasteiger partial charge in [-0.2, -0.15) is 5.10 Å². The maximum atomic E-state index is 12.6. The average Bonchev–Trinajstić information content (AvgIpc) is 2.90. The lowest BCUT2D eigenvalue weighted by molar-refractivity contribution is -0.116. The van der Waals surface area contributed by atoms with Gasteiger partial charge in [-0.1, -0.05) is 0 Å². The molecule has 1 amide bonds. The third-order valence-corrected chi connectivity index (χ3v) is 5.54. The number of nitrogens with zero attached hydrogens (tertiary/aromatic N) is 2. The van der Waals surface area contributed by atoms with Gasteiger partial charge in [-0.15, -0.1) is 0 Å².